The molecule has 2 N–H and O–H groups in total. The Morgan fingerprint density at radius 1 is 1.33 bits per heavy atom. The number of nitrogens with one attached hydrogen (secondary N) is 1. The molecule has 1 fully saturated rings. The van der Waals surface area contributed by atoms with E-state index < -0.39 is 17.8 Å². The molecule has 0 aromatic heterocycles. The Balaban J connectivity index is 1.92. The second kappa shape index (κ2) is 5.33. The van der Waals surface area contributed by atoms with Crippen molar-refractivity contribution in [3.05, 3.63) is 35.4 Å². The first kappa shape index (κ1) is 15.8. The first-order valence-corrected chi connectivity index (χ1v) is 6.74. The van der Waals surface area contributed by atoms with Crippen LogP contribution in [0, 0.1) is 5.41 Å². The summed E-state index contributed by atoms with van der Waals surface area (Å²) in [4.78, 5) is 11.9. The fourth-order valence-corrected chi connectivity index (χ4v) is 2.39. The maximum atomic E-state index is 12.4. The highest BCUT2D eigenvalue weighted by Crippen LogP contribution is 2.40. The first-order chi connectivity index (χ1) is 9.60. The van der Waals surface area contributed by atoms with Crippen LogP contribution >= 0.6 is 0 Å². The fourth-order valence-electron chi connectivity index (χ4n) is 2.39. The monoisotopic (exact) mass is 301 g/mol. The molecule has 2 atom stereocenters. The van der Waals surface area contributed by atoms with Gasteiger partial charge in [-0.15, -0.1) is 0 Å². The van der Waals surface area contributed by atoms with Crippen molar-refractivity contribution in [1.29, 1.82) is 0 Å². The van der Waals surface area contributed by atoms with Gasteiger partial charge in [0.1, 0.15) is 0 Å². The molecule has 2 rings (SSSR count). The van der Waals surface area contributed by atoms with Crippen molar-refractivity contribution in [2.45, 2.75) is 45.0 Å². The number of rotatable bonds is 3. The van der Waals surface area contributed by atoms with Crippen molar-refractivity contribution < 1.29 is 23.1 Å². The molecular weight excluding hydrogens is 283 g/mol. The Labute approximate surface area is 121 Å². The van der Waals surface area contributed by atoms with E-state index in [1.54, 1.807) is 0 Å². The van der Waals surface area contributed by atoms with Gasteiger partial charge in [-0.3, -0.25) is 4.79 Å². The summed E-state index contributed by atoms with van der Waals surface area (Å²) in [7, 11) is 0. The number of aliphatic hydroxyl groups is 1. The molecule has 6 heteroatoms. The van der Waals surface area contributed by atoms with Gasteiger partial charge in [-0.1, -0.05) is 26.0 Å². The quantitative estimate of drug-likeness (QED) is 0.901. The van der Waals surface area contributed by atoms with Gasteiger partial charge < -0.3 is 10.4 Å². The van der Waals surface area contributed by atoms with Gasteiger partial charge in [0, 0.05) is 11.5 Å². The van der Waals surface area contributed by atoms with Crippen molar-refractivity contribution in [3.8, 4) is 0 Å². The molecule has 1 saturated carbocycles. The van der Waals surface area contributed by atoms with Gasteiger partial charge in [0.05, 0.1) is 18.1 Å². The van der Waals surface area contributed by atoms with Crippen LogP contribution in [0.25, 0.3) is 0 Å². The third-order valence-corrected chi connectivity index (χ3v) is 4.20. The molecule has 2 unspecified atom stereocenters. The number of halogens is 3. The standard InChI is InChI=1S/C15H18F3NO2/c1-14(2)11(8-12(14)20)19-13(21)7-9-3-5-10(6-4-9)15(16,17)18/h3-6,11-12,20H,7-8H2,1-2H3,(H,19,21). The molecule has 3 nitrogen and oxygen atoms in total. The summed E-state index contributed by atoms with van der Waals surface area (Å²) >= 11 is 0. The lowest BCUT2D eigenvalue weighted by Gasteiger charge is -2.49. The van der Waals surface area contributed by atoms with Crippen molar-refractivity contribution in [2.75, 3.05) is 0 Å². The maximum absolute atomic E-state index is 12.4. The molecule has 0 radical (unpaired) electrons. The van der Waals surface area contributed by atoms with E-state index in [0.717, 1.165) is 12.1 Å². The highest BCUT2D eigenvalue weighted by Gasteiger charge is 2.47. The zero-order valence-electron chi connectivity index (χ0n) is 11.9. The van der Waals surface area contributed by atoms with E-state index in [1.165, 1.54) is 12.1 Å². The van der Waals surface area contributed by atoms with Gasteiger partial charge in [-0.2, -0.15) is 13.2 Å². The topological polar surface area (TPSA) is 49.3 Å². The second-order valence-electron chi connectivity index (χ2n) is 6.06. The van der Waals surface area contributed by atoms with Crippen LogP contribution in [-0.2, 0) is 17.4 Å². The molecule has 1 amide bonds. The molecule has 1 aliphatic rings. The van der Waals surface area contributed by atoms with Crippen molar-refractivity contribution in [1.82, 2.24) is 5.32 Å². The van der Waals surface area contributed by atoms with Crippen LogP contribution in [0.2, 0.25) is 0 Å². The zero-order valence-corrected chi connectivity index (χ0v) is 11.9. The van der Waals surface area contributed by atoms with Gasteiger partial charge in [0.25, 0.3) is 0 Å². The van der Waals surface area contributed by atoms with E-state index in [9.17, 15) is 23.1 Å². The van der Waals surface area contributed by atoms with Crippen LogP contribution in [0.5, 0.6) is 0 Å². The molecular formula is C15H18F3NO2. The molecule has 0 saturated heterocycles. The van der Waals surface area contributed by atoms with E-state index in [2.05, 4.69) is 5.32 Å². The zero-order chi connectivity index (χ0) is 15.8. The third-order valence-electron chi connectivity index (χ3n) is 4.20. The number of hydrogen-bond donors (Lipinski definition) is 2. The molecule has 21 heavy (non-hydrogen) atoms. The minimum atomic E-state index is -4.37. The summed E-state index contributed by atoms with van der Waals surface area (Å²) in [6, 6.07) is 4.46. The molecule has 1 aliphatic carbocycles. The SMILES string of the molecule is CC1(C)C(O)CC1NC(=O)Cc1ccc(C(F)(F)F)cc1. The van der Waals surface area contributed by atoms with E-state index in [-0.39, 0.29) is 23.8 Å². The summed E-state index contributed by atoms with van der Waals surface area (Å²) in [6.07, 6.45) is -4.27. The summed E-state index contributed by atoms with van der Waals surface area (Å²) < 4.78 is 37.3. The van der Waals surface area contributed by atoms with Crippen molar-refractivity contribution in [2.24, 2.45) is 5.41 Å². The molecule has 0 heterocycles. The van der Waals surface area contributed by atoms with Gasteiger partial charge >= 0.3 is 6.18 Å². The van der Waals surface area contributed by atoms with E-state index >= 15 is 0 Å². The van der Waals surface area contributed by atoms with Crippen molar-refractivity contribution in [3.63, 3.8) is 0 Å². The Morgan fingerprint density at radius 2 is 1.90 bits per heavy atom. The number of carbonyl (C=O) groups excluding carboxylic acids is 1. The number of hydrogen-bond acceptors (Lipinski definition) is 2. The fraction of sp³-hybridized carbons (Fsp3) is 0.533. The van der Waals surface area contributed by atoms with Crippen LogP contribution < -0.4 is 5.32 Å². The van der Waals surface area contributed by atoms with Gasteiger partial charge in [-0.05, 0) is 24.1 Å². The normalized spacial score (nSPS) is 24.3. The first-order valence-electron chi connectivity index (χ1n) is 6.74. The lowest BCUT2D eigenvalue weighted by molar-refractivity contribution is -0.137. The van der Waals surface area contributed by atoms with Crippen LogP contribution in [0.15, 0.2) is 24.3 Å². The minimum Gasteiger partial charge on any atom is -0.392 e. The predicted molar refractivity (Wildman–Crippen MR) is 71.5 cm³/mol. The van der Waals surface area contributed by atoms with Gasteiger partial charge in [-0.25, -0.2) is 0 Å². The molecule has 1 aromatic carbocycles. The average Bonchev–Trinajstić information content (AvgIpc) is 2.38. The molecule has 116 valence electrons. The van der Waals surface area contributed by atoms with E-state index in [1.807, 2.05) is 13.8 Å². The average molecular weight is 301 g/mol. The Bertz CT molecular complexity index is 523. The van der Waals surface area contributed by atoms with E-state index in [0.29, 0.717) is 12.0 Å². The maximum Gasteiger partial charge on any atom is 0.416 e. The summed E-state index contributed by atoms with van der Waals surface area (Å²) in [5, 5.41) is 12.4. The largest absolute Gasteiger partial charge is 0.416 e. The van der Waals surface area contributed by atoms with Gasteiger partial charge in [0.2, 0.25) is 5.91 Å². The lowest BCUT2D eigenvalue weighted by Crippen LogP contribution is -2.61. The second-order valence-corrected chi connectivity index (χ2v) is 6.06. The third kappa shape index (κ3) is 3.37. The Morgan fingerprint density at radius 3 is 2.33 bits per heavy atom. The summed E-state index contributed by atoms with van der Waals surface area (Å²) in [5.41, 5.74) is -0.566. The molecule has 0 bridgehead atoms. The Hall–Kier alpha value is -1.56. The van der Waals surface area contributed by atoms with Crippen LogP contribution in [0.1, 0.15) is 31.4 Å². The lowest BCUT2D eigenvalue weighted by atomic mass is 9.64. The summed E-state index contributed by atoms with van der Waals surface area (Å²) in [5.74, 6) is -0.250. The number of aliphatic hydroxyl groups excluding tert-OH is 1. The van der Waals surface area contributed by atoms with Crippen LogP contribution in [-0.4, -0.2) is 23.2 Å². The predicted octanol–water partition coefficient (Wildman–Crippen LogP) is 2.52. The number of carbonyl (C=O) groups is 1. The summed E-state index contributed by atoms with van der Waals surface area (Å²) in [6.45, 7) is 3.73. The van der Waals surface area contributed by atoms with Crippen molar-refractivity contribution >= 4 is 5.91 Å². The molecule has 1 aromatic rings. The van der Waals surface area contributed by atoms with E-state index in [4.69, 9.17) is 0 Å². The smallest absolute Gasteiger partial charge is 0.392 e. The molecule has 0 aliphatic heterocycles. The molecule has 0 spiro atoms. The van der Waals surface area contributed by atoms with Crippen LogP contribution in [0.4, 0.5) is 13.2 Å². The number of alkyl halides is 3. The minimum absolute atomic E-state index is 0.0286. The van der Waals surface area contributed by atoms with Crippen LogP contribution in [0.3, 0.4) is 0 Å². The highest BCUT2D eigenvalue weighted by molar-refractivity contribution is 5.79. The number of amides is 1. The number of benzene rings is 1. The highest BCUT2D eigenvalue weighted by atomic mass is 19.4. The Kier molecular flexibility index (Phi) is 4.02. The van der Waals surface area contributed by atoms with Gasteiger partial charge in [0.15, 0.2) is 0 Å².